The van der Waals surface area contributed by atoms with Crippen molar-refractivity contribution in [1.29, 1.82) is 0 Å². The van der Waals surface area contributed by atoms with Crippen molar-refractivity contribution in [3.8, 4) is 11.5 Å². The van der Waals surface area contributed by atoms with Crippen molar-refractivity contribution >= 4 is 18.1 Å². The fraction of sp³-hybridized carbons (Fsp3) is 0.320. The molecule has 1 unspecified atom stereocenters. The van der Waals surface area contributed by atoms with Gasteiger partial charge in [-0.3, -0.25) is 0 Å². The van der Waals surface area contributed by atoms with Gasteiger partial charge in [-0.15, -0.1) is 0 Å². The number of rotatable bonds is 10. The molecule has 0 bridgehead atoms. The van der Waals surface area contributed by atoms with Gasteiger partial charge in [0.15, 0.2) is 0 Å². The first-order valence-electron chi connectivity index (χ1n) is 9.92. The van der Waals surface area contributed by atoms with Gasteiger partial charge in [-0.2, -0.15) is 0 Å². The predicted molar refractivity (Wildman–Crippen MR) is 118 cm³/mol. The van der Waals surface area contributed by atoms with E-state index in [1.165, 1.54) is 6.08 Å². The van der Waals surface area contributed by atoms with Crippen LogP contribution in [0.2, 0.25) is 0 Å². The van der Waals surface area contributed by atoms with Crippen molar-refractivity contribution in [1.82, 2.24) is 0 Å². The van der Waals surface area contributed by atoms with Gasteiger partial charge >= 0.3 is 5.97 Å². The Kier molecular flexibility index (Phi) is 9.03. The van der Waals surface area contributed by atoms with Crippen LogP contribution in [0.4, 0.5) is 0 Å². The standard InChI is InChI=1S/C25H30O4/c1-5-6-17-29-25(26)16-11-21-18-23(28-4)14-15-24(21)19(2)7-8-20-9-12-22(27-3)13-10-20/h7-16,18-19H,5-6,17H2,1-4H3/b8-7+,16-11+. The lowest BCUT2D eigenvalue weighted by Crippen LogP contribution is -2.02. The highest BCUT2D eigenvalue weighted by Crippen LogP contribution is 2.27. The Balaban J connectivity index is 2.17. The summed E-state index contributed by atoms with van der Waals surface area (Å²) in [5, 5.41) is 0. The first-order chi connectivity index (χ1) is 14.1. The lowest BCUT2D eigenvalue weighted by atomic mass is 9.94. The summed E-state index contributed by atoms with van der Waals surface area (Å²) in [6.07, 6.45) is 9.37. The zero-order valence-electron chi connectivity index (χ0n) is 17.7. The molecule has 0 aliphatic carbocycles. The van der Waals surface area contributed by atoms with Crippen molar-refractivity contribution in [3.05, 3.63) is 71.3 Å². The molecule has 2 aromatic rings. The third-order valence-corrected chi connectivity index (χ3v) is 4.62. The second-order valence-electron chi connectivity index (χ2n) is 6.77. The SMILES string of the molecule is CCCCOC(=O)/C=C/c1cc(OC)ccc1C(C)/C=C/c1ccc(OC)cc1. The fourth-order valence-corrected chi connectivity index (χ4v) is 2.84. The lowest BCUT2D eigenvalue weighted by Gasteiger charge is -2.13. The predicted octanol–water partition coefficient (Wildman–Crippen LogP) is 5.88. The number of methoxy groups -OCH3 is 2. The van der Waals surface area contributed by atoms with E-state index in [1.807, 2.05) is 42.5 Å². The third kappa shape index (κ3) is 7.15. The normalized spacial score (nSPS) is 12.3. The fourth-order valence-electron chi connectivity index (χ4n) is 2.84. The van der Waals surface area contributed by atoms with Gasteiger partial charge < -0.3 is 14.2 Å². The Morgan fingerprint density at radius 1 is 1.00 bits per heavy atom. The van der Waals surface area contributed by atoms with E-state index in [1.54, 1.807) is 20.3 Å². The minimum absolute atomic E-state index is 0.152. The Morgan fingerprint density at radius 3 is 2.34 bits per heavy atom. The van der Waals surface area contributed by atoms with Gasteiger partial charge in [-0.05, 0) is 59.4 Å². The van der Waals surface area contributed by atoms with Crippen LogP contribution in [-0.4, -0.2) is 26.8 Å². The van der Waals surface area contributed by atoms with Crippen LogP contribution in [0.5, 0.6) is 11.5 Å². The highest BCUT2D eigenvalue weighted by Gasteiger charge is 2.09. The molecule has 0 aromatic heterocycles. The summed E-state index contributed by atoms with van der Waals surface area (Å²) in [6.45, 7) is 4.64. The van der Waals surface area contributed by atoms with Crippen LogP contribution in [0.1, 0.15) is 49.3 Å². The van der Waals surface area contributed by atoms with Gasteiger partial charge in [0.25, 0.3) is 0 Å². The number of allylic oxidation sites excluding steroid dienone is 1. The van der Waals surface area contributed by atoms with E-state index in [9.17, 15) is 4.79 Å². The van der Waals surface area contributed by atoms with Crippen LogP contribution in [0.25, 0.3) is 12.2 Å². The first-order valence-corrected chi connectivity index (χ1v) is 9.92. The third-order valence-electron chi connectivity index (χ3n) is 4.62. The largest absolute Gasteiger partial charge is 0.497 e. The van der Waals surface area contributed by atoms with Crippen molar-refractivity contribution < 1.29 is 19.0 Å². The van der Waals surface area contributed by atoms with E-state index >= 15 is 0 Å². The summed E-state index contributed by atoms with van der Waals surface area (Å²) in [6, 6.07) is 13.8. The molecule has 0 saturated heterocycles. The second-order valence-corrected chi connectivity index (χ2v) is 6.77. The smallest absolute Gasteiger partial charge is 0.330 e. The molecule has 0 N–H and O–H groups in total. The number of esters is 1. The number of hydrogen-bond donors (Lipinski definition) is 0. The molecular formula is C25H30O4. The molecular weight excluding hydrogens is 364 g/mol. The summed E-state index contributed by atoms with van der Waals surface area (Å²) in [7, 11) is 3.29. The number of ether oxygens (including phenoxy) is 3. The van der Waals surface area contributed by atoms with Crippen LogP contribution in [0, 0.1) is 0 Å². The van der Waals surface area contributed by atoms with Crippen molar-refractivity contribution in [2.24, 2.45) is 0 Å². The highest BCUT2D eigenvalue weighted by atomic mass is 16.5. The minimum Gasteiger partial charge on any atom is -0.497 e. The van der Waals surface area contributed by atoms with Crippen LogP contribution < -0.4 is 9.47 Å². The lowest BCUT2D eigenvalue weighted by molar-refractivity contribution is -0.137. The number of unbranched alkanes of at least 4 members (excludes halogenated alkanes) is 1. The molecule has 0 fully saturated rings. The van der Waals surface area contributed by atoms with Gasteiger partial charge in [0.05, 0.1) is 20.8 Å². The summed E-state index contributed by atoms with van der Waals surface area (Å²) < 4.78 is 15.7. The molecule has 0 heterocycles. The maximum absolute atomic E-state index is 11.9. The van der Waals surface area contributed by atoms with Crippen molar-refractivity contribution in [2.45, 2.75) is 32.6 Å². The summed E-state index contributed by atoms with van der Waals surface area (Å²) in [5.41, 5.74) is 3.14. The van der Waals surface area contributed by atoms with E-state index in [4.69, 9.17) is 14.2 Å². The van der Waals surface area contributed by atoms with Gasteiger partial charge in [0.2, 0.25) is 0 Å². The second kappa shape index (κ2) is 11.7. The zero-order chi connectivity index (χ0) is 21.1. The topological polar surface area (TPSA) is 44.8 Å². The average molecular weight is 395 g/mol. The Bertz CT molecular complexity index is 834. The van der Waals surface area contributed by atoms with Crippen LogP contribution in [0.15, 0.2) is 54.6 Å². The number of benzene rings is 2. The molecule has 0 spiro atoms. The first kappa shape index (κ1) is 22.3. The summed E-state index contributed by atoms with van der Waals surface area (Å²) in [5.74, 6) is 1.41. The number of hydrogen-bond acceptors (Lipinski definition) is 4. The molecule has 0 radical (unpaired) electrons. The van der Waals surface area contributed by atoms with E-state index in [2.05, 4.69) is 26.0 Å². The summed E-state index contributed by atoms with van der Waals surface area (Å²) in [4.78, 5) is 11.9. The van der Waals surface area contributed by atoms with Crippen LogP contribution >= 0.6 is 0 Å². The van der Waals surface area contributed by atoms with Crippen molar-refractivity contribution in [2.75, 3.05) is 20.8 Å². The molecule has 2 aromatic carbocycles. The molecule has 0 aliphatic rings. The molecule has 1 atom stereocenters. The van der Waals surface area contributed by atoms with E-state index in [-0.39, 0.29) is 11.9 Å². The molecule has 29 heavy (non-hydrogen) atoms. The maximum atomic E-state index is 11.9. The molecule has 0 amide bonds. The Labute approximate surface area is 173 Å². The van der Waals surface area contributed by atoms with E-state index in [0.717, 1.165) is 41.0 Å². The van der Waals surface area contributed by atoms with E-state index < -0.39 is 0 Å². The van der Waals surface area contributed by atoms with Gasteiger partial charge in [0, 0.05) is 6.08 Å². The minimum atomic E-state index is -0.325. The summed E-state index contributed by atoms with van der Waals surface area (Å²) >= 11 is 0. The Morgan fingerprint density at radius 2 is 1.69 bits per heavy atom. The highest BCUT2D eigenvalue weighted by molar-refractivity contribution is 5.87. The van der Waals surface area contributed by atoms with Gasteiger partial charge in [-0.25, -0.2) is 4.79 Å². The van der Waals surface area contributed by atoms with E-state index in [0.29, 0.717) is 6.61 Å². The Hall–Kier alpha value is -3.01. The molecule has 4 heteroatoms. The molecule has 2 rings (SSSR count). The molecule has 0 saturated carbocycles. The molecule has 0 aliphatic heterocycles. The quantitative estimate of drug-likeness (QED) is 0.287. The average Bonchev–Trinajstić information content (AvgIpc) is 2.76. The van der Waals surface area contributed by atoms with Gasteiger partial charge in [-0.1, -0.05) is 50.6 Å². The monoisotopic (exact) mass is 394 g/mol. The van der Waals surface area contributed by atoms with Crippen molar-refractivity contribution in [3.63, 3.8) is 0 Å². The number of carbonyl (C=O) groups excluding carboxylic acids is 1. The maximum Gasteiger partial charge on any atom is 0.330 e. The molecule has 4 nitrogen and oxygen atoms in total. The van der Waals surface area contributed by atoms with Gasteiger partial charge in [0.1, 0.15) is 11.5 Å². The number of carbonyl (C=O) groups is 1. The van der Waals surface area contributed by atoms with Crippen LogP contribution in [-0.2, 0) is 9.53 Å². The molecule has 154 valence electrons. The van der Waals surface area contributed by atoms with Crippen LogP contribution in [0.3, 0.4) is 0 Å². The zero-order valence-corrected chi connectivity index (χ0v) is 17.7.